The molecule has 1 aromatic rings. The number of nitrogens with zero attached hydrogens (tertiary/aromatic N) is 5. The first-order valence-corrected chi connectivity index (χ1v) is 10.7. The summed E-state index contributed by atoms with van der Waals surface area (Å²) in [5.41, 5.74) is 24.8. The van der Waals surface area contributed by atoms with Gasteiger partial charge in [-0.1, -0.05) is 13.8 Å². The van der Waals surface area contributed by atoms with Crippen LogP contribution in [-0.2, 0) is 0 Å². The second-order valence-electron chi connectivity index (χ2n) is 9.26. The molecule has 2 aliphatic heterocycles. The molecule has 10 heteroatoms. The first-order valence-electron chi connectivity index (χ1n) is 10.7. The van der Waals surface area contributed by atoms with Gasteiger partial charge in [0.05, 0.1) is 0 Å². The van der Waals surface area contributed by atoms with Crippen LogP contribution < -0.4 is 38.1 Å². The summed E-state index contributed by atoms with van der Waals surface area (Å²) in [4.78, 5) is 18.3. The van der Waals surface area contributed by atoms with Crippen molar-refractivity contribution in [2.24, 2.45) is 28.9 Å². The van der Waals surface area contributed by atoms with Crippen LogP contribution in [0.2, 0.25) is 0 Å². The SMILES string of the molecule is CC(C)CC(C)Nc1nc(N2C[C@H](N)C[C@H](N)C2)nc(N2C[C@H](N)C[C@H](N)C2)n1. The lowest BCUT2D eigenvalue weighted by atomic mass is 10.0. The summed E-state index contributed by atoms with van der Waals surface area (Å²) in [6.45, 7) is 9.26. The van der Waals surface area contributed by atoms with E-state index in [1.54, 1.807) is 0 Å². The van der Waals surface area contributed by atoms with Gasteiger partial charge in [0.1, 0.15) is 0 Å². The van der Waals surface area contributed by atoms with Gasteiger partial charge in [0.15, 0.2) is 0 Å². The predicted octanol–water partition coefficient (Wildman–Crippen LogP) is -0.552. The molecule has 2 fully saturated rings. The fourth-order valence-electron chi connectivity index (χ4n) is 4.37. The van der Waals surface area contributed by atoms with Crippen molar-refractivity contribution >= 4 is 17.8 Å². The van der Waals surface area contributed by atoms with E-state index >= 15 is 0 Å². The summed E-state index contributed by atoms with van der Waals surface area (Å²) in [5.74, 6) is 2.35. The molecule has 3 rings (SSSR count). The smallest absolute Gasteiger partial charge is 0.232 e. The van der Waals surface area contributed by atoms with Crippen molar-refractivity contribution in [3.05, 3.63) is 0 Å². The van der Waals surface area contributed by atoms with Crippen LogP contribution in [0.5, 0.6) is 0 Å². The standard InChI is InChI=1S/C19H38N10/c1-11(2)4-12(3)24-17-25-18(28-7-13(20)5-14(21)8-28)27-19(26-17)29-9-15(22)6-16(23)10-29/h11-16H,4-10,20-23H2,1-3H3,(H,24,25,26,27)/t12?,13-,14+,15-,16+. The molecule has 0 saturated carbocycles. The Balaban J connectivity index is 1.89. The molecule has 1 aromatic heterocycles. The lowest BCUT2D eigenvalue weighted by molar-refractivity contribution is 0.441. The number of aromatic nitrogens is 3. The van der Waals surface area contributed by atoms with Gasteiger partial charge in [-0.05, 0) is 32.1 Å². The topological polar surface area (TPSA) is 161 Å². The van der Waals surface area contributed by atoms with Crippen molar-refractivity contribution in [1.82, 2.24) is 15.0 Å². The van der Waals surface area contributed by atoms with Crippen molar-refractivity contribution in [3.63, 3.8) is 0 Å². The molecule has 0 aromatic carbocycles. The number of nitrogens with two attached hydrogens (primary N) is 4. The van der Waals surface area contributed by atoms with Crippen LogP contribution >= 0.6 is 0 Å². The quantitative estimate of drug-likeness (QED) is 0.414. The van der Waals surface area contributed by atoms with E-state index in [0.717, 1.165) is 19.3 Å². The average molecular weight is 407 g/mol. The van der Waals surface area contributed by atoms with Gasteiger partial charge in [0.2, 0.25) is 17.8 Å². The zero-order chi connectivity index (χ0) is 21.1. The molecule has 0 spiro atoms. The Morgan fingerprint density at radius 2 is 1.21 bits per heavy atom. The number of piperidine rings is 2. The predicted molar refractivity (Wildman–Crippen MR) is 118 cm³/mol. The van der Waals surface area contributed by atoms with Crippen LogP contribution in [0, 0.1) is 5.92 Å². The Morgan fingerprint density at radius 3 is 1.59 bits per heavy atom. The Labute approximate surface area is 173 Å². The highest BCUT2D eigenvalue weighted by Gasteiger charge is 2.28. The van der Waals surface area contributed by atoms with E-state index in [2.05, 4.69) is 35.9 Å². The summed E-state index contributed by atoms with van der Waals surface area (Å²) in [5, 5.41) is 3.44. The third kappa shape index (κ3) is 6.11. The van der Waals surface area contributed by atoms with Crippen LogP contribution in [0.25, 0.3) is 0 Å². The van der Waals surface area contributed by atoms with E-state index < -0.39 is 0 Å². The molecule has 2 saturated heterocycles. The van der Waals surface area contributed by atoms with E-state index in [-0.39, 0.29) is 30.2 Å². The fourth-order valence-corrected chi connectivity index (χ4v) is 4.37. The van der Waals surface area contributed by atoms with Crippen molar-refractivity contribution in [1.29, 1.82) is 0 Å². The number of hydrogen-bond acceptors (Lipinski definition) is 10. The van der Waals surface area contributed by atoms with Crippen molar-refractivity contribution in [2.75, 3.05) is 41.3 Å². The van der Waals surface area contributed by atoms with Crippen LogP contribution in [-0.4, -0.2) is 71.3 Å². The first kappa shape index (κ1) is 21.9. The molecule has 9 N–H and O–H groups in total. The third-order valence-corrected chi connectivity index (χ3v) is 5.41. The maximum atomic E-state index is 6.19. The molecule has 0 bridgehead atoms. The lowest BCUT2D eigenvalue weighted by Gasteiger charge is -2.37. The average Bonchev–Trinajstić information content (AvgIpc) is 2.59. The molecular formula is C19H38N10. The van der Waals surface area contributed by atoms with Gasteiger partial charge >= 0.3 is 0 Å². The van der Waals surface area contributed by atoms with Gasteiger partial charge in [-0.25, -0.2) is 0 Å². The van der Waals surface area contributed by atoms with E-state index in [0.29, 0.717) is 49.9 Å². The Morgan fingerprint density at radius 1 is 0.793 bits per heavy atom. The minimum absolute atomic E-state index is 0.00655. The van der Waals surface area contributed by atoms with Crippen molar-refractivity contribution in [3.8, 4) is 0 Å². The maximum absolute atomic E-state index is 6.19. The van der Waals surface area contributed by atoms with E-state index in [1.807, 2.05) is 0 Å². The Bertz CT molecular complexity index is 604. The second kappa shape index (κ2) is 9.38. The minimum atomic E-state index is 0.00655. The largest absolute Gasteiger partial charge is 0.352 e. The number of hydrogen-bond donors (Lipinski definition) is 5. The van der Waals surface area contributed by atoms with Crippen LogP contribution in [0.4, 0.5) is 17.8 Å². The monoisotopic (exact) mass is 406 g/mol. The van der Waals surface area contributed by atoms with Crippen molar-refractivity contribution in [2.45, 2.75) is 70.2 Å². The van der Waals surface area contributed by atoms with Gasteiger partial charge in [-0.3, -0.25) is 0 Å². The molecule has 3 heterocycles. The Hall–Kier alpha value is -1.75. The van der Waals surface area contributed by atoms with Gasteiger partial charge in [0.25, 0.3) is 0 Å². The molecule has 29 heavy (non-hydrogen) atoms. The Kier molecular flexibility index (Phi) is 7.10. The van der Waals surface area contributed by atoms with E-state index in [1.165, 1.54) is 0 Å². The molecule has 10 nitrogen and oxygen atoms in total. The zero-order valence-corrected chi connectivity index (χ0v) is 18.0. The molecule has 5 atom stereocenters. The number of nitrogens with one attached hydrogen (secondary N) is 1. The highest BCUT2D eigenvalue weighted by atomic mass is 15.4. The van der Waals surface area contributed by atoms with Crippen LogP contribution in [0.15, 0.2) is 0 Å². The molecule has 0 amide bonds. The molecule has 1 unspecified atom stereocenters. The molecule has 0 aliphatic carbocycles. The minimum Gasteiger partial charge on any atom is -0.352 e. The van der Waals surface area contributed by atoms with Gasteiger partial charge in [-0.15, -0.1) is 0 Å². The summed E-state index contributed by atoms with van der Waals surface area (Å²) >= 11 is 0. The van der Waals surface area contributed by atoms with Crippen molar-refractivity contribution < 1.29 is 0 Å². The fraction of sp³-hybridized carbons (Fsp3) is 0.842. The van der Waals surface area contributed by atoms with Gasteiger partial charge in [0, 0.05) is 56.4 Å². The molecule has 2 aliphatic rings. The highest BCUT2D eigenvalue weighted by Crippen LogP contribution is 2.22. The van der Waals surface area contributed by atoms with Crippen LogP contribution in [0.3, 0.4) is 0 Å². The molecule has 164 valence electrons. The first-order chi connectivity index (χ1) is 13.7. The molecular weight excluding hydrogens is 368 g/mol. The summed E-state index contributed by atoms with van der Waals surface area (Å²) < 4.78 is 0. The summed E-state index contributed by atoms with van der Waals surface area (Å²) in [7, 11) is 0. The highest BCUT2D eigenvalue weighted by molar-refractivity contribution is 5.47. The number of anilines is 3. The summed E-state index contributed by atoms with van der Waals surface area (Å²) in [6.07, 6.45) is 2.64. The normalized spacial score (nSPS) is 29.2. The van der Waals surface area contributed by atoms with Crippen LogP contribution in [0.1, 0.15) is 40.0 Å². The van der Waals surface area contributed by atoms with Gasteiger partial charge < -0.3 is 38.1 Å². The summed E-state index contributed by atoms with van der Waals surface area (Å²) in [6, 6.07) is 0.271. The number of rotatable bonds is 6. The molecule has 0 radical (unpaired) electrons. The zero-order valence-electron chi connectivity index (χ0n) is 18.0. The third-order valence-electron chi connectivity index (χ3n) is 5.41. The maximum Gasteiger partial charge on any atom is 0.232 e. The van der Waals surface area contributed by atoms with Gasteiger partial charge in [-0.2, -0.15) is 15.0 Å². The van der Waals surface area contributed by atoms with E-state index in [4.69, 9.17) is 37.9 Å². The van der Waals surface area contributed by atoms with E-state index in [9.17, 15) is 0 Å². The second-order valence-corrected chi connectivity index (χ2v) is 9.26. The lowest BCUT2D eigenvalue weighted by Crippen LogP contribution is -2.54.